The molecular weight excluding hydrogens is 166 g/mol. The Kier molecular flexibility index (Phi) is 5.46. The second-order valence-corrected chi connectivity index (χ2v) is 3.40. The summed E-state index contributed by atoms with van der Waals surface area (Å²) in [7, 11) is 0. The van der Waals surface area contributed by atoms with Crippen molar-refractivity contribution in [2.75, 3.05) is 0 Å². The summed E-state index contributed by atoms with van der Waals surface area (Å²) in [4.78, 5) is 4.20. The molecule has 0 bridgehead atoms. The van der Waals surface area contributed by atoms with Crippen LogP contribution >= 0.6 is 0 Å². The lowest BCUT2D eigenvalue weighted by Crippen LogP contribution is -2.40. The Hall–Kier alpha value is -0.770. The molecule has 0 unspecified atom stereocenters. The van der Waals surface area contributed by atoms with Crippen LogP contribution in [0.4, 0.5) is 0 Å². The van der Waals surface area contributed by atoms with Gasteiger partial charge in [0.05, 0.1) is 12.1 Å². The molecule has 0 fully saturated rings. The van der Waals surface area contributed by atoms with Crippen LogP contribution in [0.3, 0.4) is 0 Å². The summed E-state index contributed by atoms with van der Waals surface area (Å²) in [6.45, 7) is 7.83. The van der Waals surface area contributed by atoms with Gasteiger partial charge < -0.3 is 5.73 Å². The third-order valence-electron chi connectivity index (χ3n) is 1.98. The van der Waals surface area contributed by atoms with Crippen molar-refractivity contribution in [3.8, 4) is 0 Å². The van der Waals surface area contributed by atoms with Gasteiger partial charge in [0, 0.05) is 0 Å². The molecule has 78 valence electrons. The lowest BCUT2D eigenvalue weighted by Gasteiger charge is -2.21. The summed E-state index contributed by atoms with van der Waals surface area (Å²) in [6.07, 6.45) is 1.90. The number of guanidine groups is 1. The summed E-state index contributed by atoms with van der Waals surface area (Å²) in [6, 6.07) is 0.187. The minimum absolute atomic E-state index is 0.0295. The second-order valence-electron chi connectivity index (χ2n) is 3.40. The molecule has 0 radical (unpaired) electrons. The summed E-state index contributed by atoms with van der Waals surface area (Å²) in [5, 5.41) is 10.4. The predicted octanol–water partition coefficient (Wildman–Crippen LogP) is 1.59. The molecule has 0 spiro atoms. The molecule has 0 saturated carbocycles. The summed E-state index contributed by atoms with van der Waals surface area (Å²) >= 11 is 0. The van der Waals surface area contributed by atoms with Gasteiger partial charge in [-0.1, -0.05) is 13.8 Å². The van der Waals surface area contributed by atoms with Gasteiger partial charge in [-0.25, -0.2) is 10.1 Å². The van der Waals surface area contributed by atoms with E-state index in [1.165, 1.54) is 0 Å². The van der Waals surface area contributed by atoms with Gasteiger partial charge in [-0.15, -0.1) is 0 Å². The van der Waals surface area contributed by atoms with E-state index >= 15 is 0 Å². The maximum atomic E-state index is 9.41. The highest BCUT2D eigenvalue weighted by Crippen LogP contribution is 2.03. The first kappa shape index (κ1) is 12.2. The number of hydrogen-bond donors (Lipinski definition) is 2. The Balaban J connectivity index is 4.28. The minimum atomic E-state index is -0.0295. The molecule has 13 heavy (non-hydrogen) atoms. The average molecular weight is 187 g/mol. The Morgan fingerprint density at radius 2 is 1.85 bits per heavy atom. The molecule has 0 saturated heterocycles. The molecule has 0 aromatic rings. The molecule has 0 aliphatic carbocycles. The fraction of sp³-hybridized carbons (Fsp3) is 0.889. The van der Waals surface area contributed by atoms with E-state index in [1.807, 2.05) is 13.8 Å². The highest BCUT2D eigenvalue weighted by atomic mass is 16.5. The van der Waals surface area contributed by atoms with E-state index < -0.39 is 0 Å². The number of hydroxylamine groups is 2. The highest BCUT2D eigenvalue weighted by Gasteiger charge is 2.10. The van der Waals surface area contributed by atoms with Crippen molar-refractivity contribution in [1.29, 1.82) is 0 Å². The zero-order valence-electron chi connectivity index (χ0n) is 8.99. The molecular formula is C9H21N3O. The summed E-state index contributed by atoms with van der Waals surface area (Å²) < 4.78 is 0. The van der Waals surface area contributed by atoms with Crippen LogP contribution in [-0.4, -0.2) is 28.3 Å². The van der Waals surface area contributed by atoms with Crippen molar-refractivity contribution in [3.63, 3.8) is 0 Å². The Labute approximate surface area is 80.4 Å². The normalized spacial score (nSPS) is 12.7. The lowest BCUT2D eigenvalue weighted by atomic mass is 10.2. The van der Waals surface area contributed by atoms with Crippen molar-refractivity contribution < 1.29 is 5.21 Å². The zero-order valence-corrected chi connectivity index (χ0v) is 8.99. The first-order chi connectivity index (χ1) is 6.02. The monoisotopic (exact) mass is 187 g/mol. The van der Waals surface area contributed by atoms with Crippen LogP contribution in [-0.2, 0) is 0 Å². The van der Waals surface area contributed by atoms with Crippen molar-refractivity contribution in [2.24, 2.45) is 10.7 Å². The van der Waals surface area contributed by atoms with Gasteiger partial charge in [0.1, 0.15) is 0 Å². The zero-order chi connectivity index (χ0) is 10.4. The molecule has 0 aromatic heterocycles. The van der Waals surface area contributed by atoms with Crippen LogP contribution in [0.1, 0.15) is 40.5 Å². The van der Waals surface area contributed by atoms with Crippen LogP contribution < -0.4 is 5.73 Å². The van der Waals surface area contributed by atoms with Crippen LogP contribution in [0, 0.1) is 0 Å². The van der Waals surface area contributed by atoms with Gasteiger partial charge in [0.25, 0.3) is 0 Å². The average Bonchev–Trinajstić information content (AvgIpc) is 2.12. The first-order valence-corrected chi connectivity index (χ1v) is 4.84. The van der Waals surface area contributed by atoms with E-state index in [-0.39, 0.29) is 18.0 Å². The quantitative estimate of drug-likeness (QED) is 0.399. The Bertz CT molecular complexity index is 164. The van der Waals surface area contributed by atoms with E-state index in [9.17, 15) is 5.21 Å². The highest BCUT2D eigenvalue weighted by molar-refractivity contribution is 5.77. The maximum absolute atomic E-state index is 9.41. The van der Waals surface area contributed by atoms with Crippen molar-refractivity contribution in [3.05, 3.63) is 0 Å². The van der Waals surface area contributed by atoms with Gasteiger partial charge in [-0.05, 0) is 26.7 Å². The van der Waals surface area contributed by atoms with E-state index in [2.05, 4.69) is 18.8 Å². The van der Waals surface area contributed by atoms with Gasteiger partial charge in [-0.2, -0.15) is 0 Å². The van der Waals surface area contributed by atoms with Crippen LogP contribution in [0.25, 0.3) is 0 Å². The predicted molar refractivity (Wildman–Crippen MR) is 54.8 cm³/mol. The van der Waals surface area contributed by atoms with Gasteiger partial charge >= 0.3 is 0 Å². The molecule has 0 rings (SSSR count). The molecule has 0 amide bonds. The number of nitrogens with zero attached hydrogens (tertiary/aromatic N) is 2. The Morgan fingerprint density at radius 3 is 2.15 bits per heavy atom. The summed E-state index contributed by atoms with van der Waals surface area (Å²) in [5.41, 5.74) is 5.60. The molecule has 0 aromatic carbocycles. The lowest BCUT2D eigenvalue weighted by molar-refractivity contribution is -0.0439. The molecule has 0 heterocycles. The number of rotatable bonds is 4. The first-order valence-electron chi connectivity index (χ1n) is 4.84. The van der Waals surface area contributed by atoms with Gasteiger partial charge in [-0.3, -0.25) is 5.21 Å². The molecule has 4 heteroatoms. The number of aliphatic imine (C=N–C) groups is 1. The van der Waals surface area contributed by atoms with Crippen molar-refractivity contribution in [2.45, 2.75) is 52.6 Å². The third kappa shape index (κ3) is 4.12. The van der Waals surface area contributed by atoms with Crippen LogP contribution in [0.15, 0.2) is 4.99 Å². The Morgan fingerprint density at radius 1 is 1.38 bits per heavy atom. The SMILES string of the molecule is CCC(CC)/N=C(\N)N(O)C(C)C. The van der Waals surface area contributed by atoms with E-state index in [0.29, 0.717) is 0 Å². The van der Waals surface area contributed by atoms with E-state index in [1.54, 1.807) is 0 Å². The van der Waals surface area contributed by atoms with E-state index in [4.69, 9.17) is 5.73 Å². The molecule has 0 aliphatic heterocycles. The fourth-order valence-electron chi connectivity index (χ4n) is 0.982. The fourth-order valence-corrected chi connectivity index (χ4v) is 0.982. The summed E-state index contributed by atoms with van der Waals surface area (Å²) in [5.74, 6) is 0.212. The smallest absolute Gasteiger partial charge is 0.216 e. The largest absolute Gasteiger partial charge is 0.368 e. The van der Waals surface area contributed by atoms with Gasteiger partial charge in [0.15, 0.2) is 0 Å². The second kappa shape index (κ2) is 5.80. The molecule has 3 N–H and O–H groups in total. The maximum Gasteiger partial charge on any atom is 0.216 e. The van der Waals surface area contributed by atoms with Crippen LogP contribution in [0.5, 0.6) is 0 Å². The molecule has 4 nitrogen and oxygen atoms in total. The van der Waals surface area contributed by atoms with Crippen LogP contribution in [0.2, 0.25) is 0 Å². The molecule has 0 aliphatic rings. The topological polar surface area (TPSA) is 61.8 Å². The van der Waals surface area contributed by atoms with E-state index in [0.717, 1.165) is 17.9 Å². The molecule has 0 atom stereocenters. The number of nitrogens with two attached hydrogens (primary N) is 1. The minimum Gasteiger partial charge on any atom is -0.368 e. The van der Waals surface area contributed by atoms with Crippen molar-refractivity contribution in [1.82, 2.24) is 5.06 Å². The number of hydrogen-bond acceptors (Lipinski definition) is 2. The van der Waals surface area contributed by atoms with Gasteiger partial charge in [0.2, 0.25) is 5.96 Å². The third-order valence-corrected chi connectivity index (χ3v) is 1.98. The standard InChI is InChI=1S/C9H21N3O/c1-5-8(6-2)11-9(10)12(13)7(3)4/h7-8,13H,5-6H2,1-4H3,(H2,10,11). The van der Waals surface area contributed by atoms with Crippen molar-refractivity contribution >= 4 is 5.96 Å².